The summed E-state index contributed by atoms with van der Waals surface area (Å²) in [6.45, 7) is 1.85. The molecule has 0 spiro atoms. The van der Waals surface area contributed by atoms with E-state index in [4.69, 9.17) is 15.2 Å². The summed E-state index contributed by atoms with van der Waals surface area (Å²) in [6.07, 6.45) is 3.63. The van der Waals surface area contributed by atoms with Crippen molar-refractivity contribution in [1.29, 1.82) is 0 Å². The molecule has 124 valence electrons. The van der Waals surface area contributed by atoms with E-state index in [1.807, 2.05) is 30.3 Å². The number of fused-ring (bicyclic) bond motifs is 1. The quantitative estimate of drug-likeness (QED) is 0.942. The Morgan fingerprint density at radius 2 is 1.75 bits per heavy atom. The van der Waals surface area contributed by atoms with Crippen LogP contribution in [0.1, 0.15) is 18.4 Å². The molecule has 2 aliphatic heterocycles. The highest BCUT2D eigenvalue weighted by molar-refractivity contribution is 5.43. The molecule has 2 N–H and O–H groups in total. The van der Waals surface area contributed by atoms with Gasteiger partial charge in [0.15, 0.2) is 17.3 Å². The van der Waals surface area contributed by atoms with Crippen molar-refractivity contribution >= 4 is 0 Å². The molecule has 2 aromatic carbocycles. The van der Waals surface area contributed by atoms with Gasteiger partial charge in [-0.25, -0.2) is 0 Å². The van der Waals surface area contributed by atoms with Gasteiger partial charge in [-0.1, -0.05) is 42.5 Å². The fourth-order valence-corrected chi connectivity index (χ4v) is 3.40. The normalized spacial score (nSPS) is 23.6. The molecule has 2 heterocycles. The van der Waals surface area contributed by atoms with E-state index in [1.165, 1.54) is 5.56 Å². The lowest BCUT2D eigenvalue weighted by molar-refractivity contribution is 0.113. The first-order chi connectivity index (χ1) is 11.8. The summed E-state index contributed by atoms with van der Waals surface area (Å²) in [5.74, 6) is 2.38. The van der Waals surface area contributed by atoms with Crippen molar-refractivity contribution in [3.8, 4) is 11.5 Å². The van der Waals surface area contributed by atoms with Crippen LogP contribution in [-0.2, 0) is 6.54 Å². The van der Waals surface area contributed by atoms with E-state index >= 15 is 0 Å². The van der Waals surface area contributed by atoms with E-state index in [0.717, 1.165) is 43.2 Å². The summed E-state index contributed by atoms with van der Waals surface area (Å²) in [7, 11) is 0. The molecule has 0 radical (unpaired) electrons. The Morgan fingerprint density at radius 1 is 1.00 bits per heavy atom. The van der Waals surface area contributed by atoms with E-state index in [1.54, 1.807) is 6.26 Å². The van der Waals surface area contributed by atoms with Crippen molar-refractivity contribution in [3.05, 3.63) is 72.2 Å². The number of nitrogens with zero attached hydrogens (tertiary/aromatic N) is 1. The van der Waals surface area contributed by atoms with E-state index in [9.17, 15) is 0 Å². The first kappa shape index (κ1) is 15.2. The second-order valence-corrected chi connectivity index (χ2v) is 6.44. The lowest BCUT2D eigenvalue weighted by atomic mass is 9.95. The highest BCUT2D eigenvalue weighted by atomic mass is 16.6. The Labute approximate surface area is 142 Å². The van der Waals surface area contributed by atoms with Gasteiger partial charge in [-0.15, -0.1) is 0 Å². The van der Waals surface area contributed by atoms with Crippen molar-refractivity contribution in [2.75, 3.05) is 6.54 Å². The first-order valence-corrected chi connectivity index (χ1v) is 8.47. The molecule has 4 nitrogen and oxygen atoms in total. The molecule has 2 unspecified atom stereocenters. The number of rotatable bonds is 3. The summed E-state index contributed by atoms with van der Waals surface area (Å²) in [6, 6.07) is 18.6. The Bertz CT molecular complexity index is 729. The molecule has 0 aromatic heterocycles. The zero-order valence-electron chi connectivity index (χ0n) is 13.6. The Kier molecular flexibility index (Phi) is 4.24. The van der Waals surface area contributed by atoms with Crippen molar-refractivity contribution in [2.45, 2.75) is 31.5 Å². The molecular formula is C20H22N2O2. The average molecular weight is 322 g/mol. The Morgan fingerprint density at radius 3 is 2.58 bits per heavy atom. The standard InChI is InChI=1S/C20H22N2O2/c21-16-10-11-22(13-15-6-2-1-3-7-15)17(12-16)20-14-23-18-8-4-5-9-19(18)24-20/h1-9,14,16-17H,10-13,21H2. The smallest absolute Gasteiger partial charge is 0.169 e. The predicted molar refractivity (Wildman–Crippen MR) is 93.6 cm³/mol. The molecule has 2 aliphatic rings. The number of piperidine rings is 1. The van der Waals surface area contributed by atoms with Crippen molar-refractivity contribution in [1.82, 2.24) is 4.90 Å². The van der Waals surface area contributed by atoms with Crippen LogP contribution in [0.25, 0.3) is 0 Å². The Balaban J connectivity index is 1.55. The third kappa shape index (κ3) is 3.16. The van der Waals surface area contributed by atoms with Gasteiger partial charge in [0.1, 0.15) is 6.26 Å². The summed E-state index contributed by atoms with van der Waals surface area (Å²) in [5, 5.41) is 0. The largest absolute Gasteiger partial charge is 0.457 e. The fraction of sp³-hybridized carbons (Fsp3) is 0.300. The number of benzene rings is 2. The third-order valence-electron chi connectivity index (χ3n) is 4.69. The molecule has 1 saturated heterocycles. The lowest BCUT2D eigenvalue weighted by Gasteiger charge is -2.39. The number of nitrogens with two attached hydrogens (primary N) is 1. The minimum absolute atomic E-state index is 0.141. The highest BCUT2D eigenvalue weighted by Gasteiger charge is 2.32. The maximum atomic E-state index is 6.23. The molecule has 0 amide bonds. The number of hydrogen-bond donors (Lipinski definition) is 1. The zero-order chi connectivity index (χ0) is 16.4. The highest BCUT2D eigenvalue weighted by Crippen LogP contribution is 2.35. The van der Waals surface area contributed by atoms with Crippen LogP contribution in [-0.4, -0.2) is 23.5 Å². The minimum atomic E-state index is 0.141. The van der Waals surface area contributed by atoms with Crippen molar-refractivity contribution < 1.29 is 9.47 Å². The maximum Gasteiger partial charge on any atom is 0.169 e. The molecule has 0 saturated carbocycles. The second-order valence-electron chi connectivity index (χ2n) is 6.44. The molecule has 0 bridgehead atoms. The minimum Gasteiger partial charge on any atom is -0.457 e. The predicted octanol–water partition coefficient (Wildman–Crippen LogP) is 3.29. The van der Waals surface area contributed by atoms with Crippen LogP contribution in [0.15, 0.2) is 66.6 Å². The van der Waals surface area contributed by atoms with E-state index in [-0.39, 0.29) is 12.1 Å². The van der Waals surface area contributed by atoms with Gasteiger partial charge in [-0.2, -0.15) is 0 Å². The molecule has 24 heavy (non-hydrogen) atoms. The van der Waals surface area contributed by atoms with Crippen LogP contribution in [0.4, 0.5) is 0 Å². The van der Waals surface area contributed by atoms with Crippen LogP contribution in [0, 0.1) is 0 Å². The summed E-state index contributed by atoms with van der Waals surface area (Å²) < 4.78 is 11.9. The van der Waals surface area contributed by atoms with E-state index in [2.05, 4.69) is 29.2 Å². The van der Waals surface area contributed by atoms with Gasteiger partial charge in [-0.3, -0.25) is 4.90 Å². The van der Waals surface area contributed by atoms with E-state index in [0.29, 0.717) is 0 Å². The maximum absolute atomic E-state index is 6.23. The number of ether oxygens (including phenoxy) is 2. The molecule has 1 fully saturated rings. The summed E-state index contributed by atoms with van der Waals surface area (Å²) >= 11 is 0. The molecule has 4 heteroatoms. The van der Waals surface area contributed by atoms with Crippen LogP contribution in [0.3, 0.4) is 0 Å². The van der Waals surface area contributed by atoms with Gasteiger partial charge in [0, 0.05) is 19.1 Å². The SMILES string of the molecule is NC1CCN(Cc2ccccc2)C(C2=COc3ccccc3O2)C1. The molecular weight excluding hydrogens is 300 g/mol. The Hall–Kier alpha value is -2.30. The number of para-hydroxylation sites is 2. The second kappa shape index (κ2) is 6.67. The lowest BCUT2D eigenvalue weighted by Crippen LogP contribution is -2.48. The number of hydrogen-bond acceptors (Lipinski definition) is 4. The zero-order valence-corrected chi connectivity index (χ0v) is 13.6. The summed E-state index contributed by atoms with van der Waals surface area (Å²) in [5.41, 5.74) is 7.53. The van der Waals surface area contributed by atoms with Gasteiger partial charge < -0.3 is 15.2 Å². The molecule has 0 aliphatic carbocycles. The van der Waals surface area contributed by atoms with Gasteiger partial charge in [0.05, 0.1) is 6.04 Å². The van der Waals surface area contributed by atoms with Gasteiger partial charge >= 0.3 is 0 Å². The van der Waals surface area contributed by atoms with Crippen LogP contribution < -0.4 is 15.2 Å². The van der Waals surface area contributed by atoms with Crippen LogP contribution >= 0.6 is 0 Å². The summed E-state index contributed by atoms with van der Waals surface area (Å²) in [4.78, 5) is 2.43. The first-order valence-electron chi connectivity index (χ1n) is 8.47. The van der Waals surface area contributed by atoms with E-state index < -0.39 is 0 Å². The molecule has 2 atom stereocenters. The fourth-order valence-electron chi connectivity index (χ4n) is 3.40. The van der Waals surface area contributed by atoms with Crippen molar-refractivity contribution in [3.63, 3.8) is 0 Å². The van der Waals surface area contributed by atoms with Crippen LogP contribution in [0.5, 0.6) is 11.5 Å². The van der Waals surface area contributed by atoms with Gasteiger partial charge in [-0.05, 0) is 30.5 Å². The van der Waals surface area contributed by atoms with Gasteiger partial charge in [0.25, 0.3) is 0 Å². The third-order valence-corrected chi connectivity index (χ3v) is 4.69. The van der Waals surface area contributed by atoms with Crippen molar-refractivity contribution in [2.24, 2.45) is 5.73 Å². The monoisotopic (exact) mass is 322 g/mol. The molecule has 4 rings (SSSR count). The average Bonchev–Trinajstić information content (AvgIpc) is 2.64. The number of likely N-dealkylation sites (tertiary alicyclic amines) is 1. The van der Waals surface area contributed by atoms with Gasteiger partial charge in [0.2, 0.25) is 0 Å². The molecule has 2 aromatic rings. The topological polar surface area (TPSA) is 47.7 Å². The van der Waals surface area contributed by atoms with Crippen LogP contribution in [0.2, 0.25) is 0 Å².